The van der Waals surface area contributed by atoms with E-state index in [0.29, 0.717) is 17.3 Å². The fourth-order valence-corrected chi connectivity index (χ4v) is 3.65. The van der Waals surface area contributed by atoms with Crippen LogP contribution in [0.3, 0.4) is 0 Å². The Morgan fingerprint density at radius 1 is 0.925 bits per heavy atom. The van der Waals surface area contributed by atoms with Crippen LogP contribution in [0.5, 0.6) is 0 Å². The Morgan fingerprint density at radius 3 is 2.17 bits per heavy atom. The first-order valence-electron chi connectivity index (χ1n) is 12.2. The number of hydrogen-bond acceptors (Lipinski definition) is 7. The Hall–Kier alpha value is -4.48. The molecule has 3 aromatic rings. The van der Waals surface area contributed by atoms with Gasteiger partial charge < -0.3 is 15.0 Å². The second kappa shape index (κ2) is 11.7. The molecular formula is C28H30F3N5O4. The molecule has 1 heterocycles. The highest BCUT2D eigenvalue weighted by molar-refractivity contribution is 6.12. The molecule has 2 amide bonds. The lowest BCUT2D eigenvalue weighted by atomic mass is 10.0. The number of ketones is 1. The van der Waals surface area contributed by atoms with Gasteiger partial charge in [0.15, 0.2) is 5.78 Å². The normalized spacial score (nSPS) is 11.5. The third-order valence-electron chi connectivity index (χ3n) is 5.43. The SMILES string of the molecule is Cc1ccc(-c2cccc(C(=O)CC(=O)Nc3cc(C(F)(F)F)c(N(C)C)cc3NC(=O)OC(C)(C)C)c2)nn1. The van der Waals surface area contributed by atoms with E-state index in [2.05, 4.69) is 20.8 Å². The van der Waals surface area contributed by atoms with Crippen molar-refractivity contribution in [2.45, 2.75) is 45.9 Å². The molecule has 2 aromatic carbocycles. The van der Waals surface area contributed by atoms with Gasteiger partial charge in [-0.2, -0.15) is 23.4 Å². The Labute approximate surface area is 229 Å². The van der Waals surface area contributed by atoms with Crippen LogP contribution in [0.2, 0.25) is 0 Å². The molecule has 0 aliphatic rings. The number of anilines is 3. The van der Waals surface area contributed by atoms with Gasteiger partial charge in [0.1, 0.15) is 5.60 Å². The number of Topliss-reactive ketones (excluding diaryl/α,β-unsaturated/α-hetero) is 1. The molecule has 0 aliphatic carbocycles. The number of halogens is 3. The molecule has 0 unspecified atom stereocenters. The van der Waals surface area contributed by atoms with E-state index in [1.807, 2.05) is 0 Å². The van der Waals surface area contributed by atoms with Gasteiger partial charge in [-0.05, 0) is 58.0 Å². The number of ether oxygens (including phenoxy) is 1. The van der Waals surface area contributed by atoms with E-state index in [4.69, 9.17) is 4.74 Å². The first kappa shape index (κ1) is 30.1. The van der Waals surface area contributed by atoms with Gasteiger partial charge >= 0.3 is 12.3 Å². The number of alkyl halides is 3. The molecule has 0 saturated heterocycles. The fourth-order valence-electron chi connectivity index (χ4n) is 3.65. The highest BCUT2D eigenvalue weighted by Gasteiger charge is 2.36. The van der Waals surface area contributed by atoms with E-state index in [1.54, 1.807) is 58.0 Å². The minimum atomic E-state index is -4.77. The van der Waals surface area contributed by atoms with Gasteiger partial charge in [-0.25, -0.2) is 4.79 Å². The van der Waals surface area contributed by atoms with Crippen molar-refractivity contribution in [3.05, 3.63) is 65.4 Å². The summed E-state index contributed by atoms with van der Waals surface area (Å²) in [6.07, 6.45) is -6.36. The minimum Gasteiger partial charge on any atom is -0.444 e. The molecule has 40 heavy (non-hydrogen) atoms. The number of aromatic nitrogens is 2. The van der Waals surface area contributed by atoms with Gasteiger partial charge in [0.25, 0.3) is 0 Å². The third-order valence-corrected chi connectivity index (χ3v) is 5.43. The highest BCUT2D eigenvalue weighted by Crippen LogP contribution is 2.41. The van der Waals surface area contributed by atoms with Crippen LogP contribution in [0.25, 0.3) is 11.3 Å². The van der Waals surface area contributed by atoms with E-state index in [0.717, 1.165) is 11.8 Å². The second-order valence-corrected chi connectivity index (χ2v) is 10.2. The number of amides is 2. The predicted molar refractivity (Wildman–Crippen MR) is 145 cm³/mol. The quantitative estimate of drug-likeness (QED) is 0.267. The lowest BCUT2D eigenvalue weighted by Crippen LogP contribution is -2.28. The summed E-state index contributed by atoms with van der Waals surface area (Å²) in [5.74, 6) is -1.44. The van der Waals surface area contributed by atoms with Gasteiger partial charge in [-0.1, -0.05) is 18.2 Å². The first-order chi connectivity index (χ1) is 18.5. The molecule has 9 nitrogen and oxygen atoms in total. The lowest BCUT2D eigenvalue weighted by Gasteiger charge is -2.24. The van der Waals surface area contributed by atoms with E-state index in [1.165, 1.54) is 25.1 Å². The smallest absolute Gasteiger partial charge is 0.418 e. The summed E-state index contributed by atoms with van der Waals surface area (Å²) >= 11 is 0. The summed E-state index contributed by atoms with van der Waals surface area (Å²) in [4.78, 5) is 39.4. The van der Waals surface area contributed by atoms with Crippen molar-refractivity contribution >= 4 is 34.8 Å². The largest absolute Gasteiger partial charge is 0.444 e. The predicted octanol–water partition coefficient (Wildman–Crippen LogP) is 6.10. The highest BCUT2D eigenvalue weighted by atomic mass is 19.4. The van der Waals surface area contributed by atoms with Crippen LogP contribution >= 0.6 is 0 Å². The average molecular weight is 558 g/mol. The van der Waals surface area contributed by atoms with E-state index in [-0.39, 0.29) is 22.6 Å². The van der Waals surface area contributed by atoms with E-state index >= 15 is 0 Å². The van der Waals surface area contributed by atoms with Gasteiger partial charge in [0.2, 0.25) is 5.91 Å². The third kappa shape index (κ3) is 8.01. The first-order valence-corrected chi connectivity index (χ1v) is 12.2. The van der Waals surface area contributed by atoms with Crippen molar-refractivity contribution in [2.24, 2.45) is 0 Å². The molecule has 3 rings (SSSR count). The average Bonchev–Trinajstić information content (AvgIpc) is 2.83. The number of carbonyl (C=O) groups excluding carboxylic acids is 3. The van der Waals surface area contributed by atoms with Crippen LogP contribution in [-0.2, 0) is 15.7 Å². The summed E-state index contributed by atoms with van der Waals surface area (Å²) in [5, 5.41) is 12.8. The number of hydrogen-bond donors (Lipinski definition) is 2. The van der Waals surface area contributed by atoms with Gasteiger partial charge in [-0.3, -0.25) is 14.9 Å². The van der Waals surface area contributed by atoms with Crippen molar-refractivity contribution in [2.75, 3.05) is 29.6 Å². The van der Waals surface area contributed by atoms with Gasteiger partial charge in [0.05, 0.1) is 40.4 Å². The number of benzene rings is 2. The zero-order valence-corrected chi connectivity index (χ0v) is 22.9. The maximum Gasteiger partial charge on any atom is 0.418 e. The molecule has 0 atom stereocenters. The standard InChI is InChI=1S/C28H30F3N5O4/c1-16-10-11-20(35-34-16)17-8-7-9-18(12-17)24(37)15-25(38)32-21-13-19(28(29,30)31)23(36(5)6)14-22(21)33-26(39)40-27(2,3)4/h7-14H,15H2,1-6H3,(H,32,38)(H,33,39). The summed E-state index contributed by atoms with van der Waals surface area (Å²) in [5.41, 5.74) is -0.572. The Bertz CT molecular complexity index is 1410. The Kier molecular flexibility index (Phi) is 8.81. The van der Waals surface area contributed by atoms with Crippen LogP contribution in [0.1, 0.15) is 48.8 Å². The van der Waals surface area contributed by atoms with Crippen LogP contribution in [-0.4, -0.2) is 47.7 Å². The molecule has 0 bridgehead atoms. The Balaban J connectivity index is 1.89. The minimum absolute atomic E-state index is 0.133. The monoisotopic (exact) mass is 557 g/mol. The van der Waals surface area contributed by atoms with E-state index < -0.39 is 41.5 Å². The molecular weight excluding hydrogens is 527 g/mol. The molecule has 1 aromatic heterocycles. The molecule has 0 spiro atoms. The number of rotatable bonds is 7. The topological polar surface area (TPSA) is 114 Å². The lowest BCUT2D eigenvalue weighted by molar-refractivity contribution is -0.137. The molecule has 2 N–H and O–H groups in total. The van der Waals surface area contributed by atoms with Crippen molar-refractivity contribution in [3.63, 3.8) is 0 Å². The van der Waals surface area contributed by atoms with E-state index in [9.17, 15) is 27.6 Å². The molecule has 0 fully saturated rings. The van der Waals surface area contributed by atoms with Crippen LogP contribution < -0.4 is 15.5 Å². The molecule has 212 valence electrons. The fraction of sp³-hybridized carbons (Fsp3) is 0.321. The second-order valence-electron chi connectivity index (χ2n) is 10.2. The summed E-state index contributed by atoms with van der Waals surface area (Å²) < 4.78 is 46.8. The maximum absolute atomic E-state index is 13.9. The molecule has 12 heteroatoms. The van der Waals surface area contributed by atoms with Crippen molar-refractivity contribution in [1.29, 1.82) is 0 Å². The van der Waals surface area contributed by atoms with Crippen LogP contribution in [0.4, 0.5) is 35.0 Å². The summed E-state index contributed by atoms with van der Waals surface area (Å²) in [6, 6.07) is 11.7. The van der Waals surface area contributed by atoms with Gasteiger partial charge in [-0.15, -0.1) is 0 Å². The number of aryl methyl sites for hydroxylation is 1. The Morgan fingerprint density at radius 2 is 1.60 bits per heavy atom. The van der Waals surface area contributed by atoms with Crippen LogP contribution in [0, 0.1) is 6.92 Å². The van der Waals surface area contributed by atoms with Crippen molar-refractivity contribution < 1.29 is 32.3 Å². The molecule has 0 radical (unpaired) electrons. The maximum atomic E-state index is 13.9. The number of carbonyl (C=O) groups is 3. The summed E-state index contributed by atoms with van der Waals surface area (Å²) in [7, 11) is 2.82. The molecule has 0 saturated carbocycles. The zero-order valence-electron chi connectivity index (χ0n) is 22.9. The van der Waals surface area contributed by atoms with Crippen molar-refractivity contribution in [1.82, 2.24) is 10.2 Å². The summed E-state index contributed by atoms with van der Waals surface area (Å²) in [6.45, 7) is 6.66. The van der Waals surface area contributed by atoms with Gasteiger partial charge in [0, 0.05) is 25.2 Å². The zero-order chi connectivity index (χ0) is 29.8. The van der Waals surface area contributed by atoms with Crippen LogP contribution in [0.15, 0.2) is 48.5 Å². The number of nitrogens with zero attached hydrogens (tertiary/aromatic N) is 3. The molecule has 0 aliphatic heterocycles. The van der Waals surface area contributed by atoms with Crippen molar-refractivity contribution in [3.8, 4) is 11.3 Å². The number of nitrogens with one attached hydrogen (secondary N) is 2.